The van der Waals surface area contributed by atoms with Crippen molar-refractivity contribution in [1.29, 1.82) is 0 Å². The molecule has 0 bridgehead atoms. The summed E-state index contributed by atoms with van der Waals surface area (Å²) in [6.07, 6.45) is 10.1. The van der Waals surface area contributed by atoms with Crippen LogP contribution in [-0.2, 0) is 6.42 Å². The Morgan fingerprint density at radius 3 is 2.66 bits per heavy atom. The van der Waals surface area contributed by atoms with E-state index in [4.69, 9.17) is 4.74 Å². The average molecular weight is 431 g/mol. The topological polar surface area (TPSA) is 46.5 Å². The Hall–Kier alpha value is -2.39. The van der Waals surface area contributed by atoms with Crippen LogP contribution in [0.15, 0.2) is 42.5 Å². The van der Waals surface area contributed by atoms with Crippen LogP contribution in [0.3, 0.4) is 0 Å². The minimum Gasteiger partial charge on any atom is -0.496 e. The molecule has 5 atom stereocenters. The van der Waals surface area contributed by atoms with E-state index in [-0.39, 0.29) is 17.3 Å². The Kier molecular flexibility index (Phi) is 5.49. The second kappa shape index (κ2) is 8.19. The van der Waals surface area contributed by atoms with Crippen molar-refractivity contribution in [3.05, 3.63) is 70.3 Å². The molecule has 0 heterocycles. The molecule has 168 valence electrons. The zero-order chi connectivity index (χ0) is 22.5. The smallest absolute Gasteiger partial charge is 0.185 e. The summed E-state index contributed by atoms with van der Waals surface area (Å²) in [5, 5.41) is 10.7. The van der Waals surface area contributed by atoms with Gasteiger partial charge in [0.05, 0.1) is 13.2 Å². The number of rotatable bonds is 4. The number of hydrogen-bond acceptors (Lipinski definition) is 3. The maximum atomic E-state index is 12.7. The third-order valence-corrected chi connectivity index (χ3v) is 8.78. The highest BCUT2D eigenvalue weighted by Gasteiger charge is 2.54. The molecule has 3 aliphatic carbocycles. The van der Waals surface area contributed by atoms with Crippen molar-refractivity contribution in [2.24, 2.45) is 17.3 Å². The fourth-order valence-electron chi connectivity index (χ4n) is 6.88. The van der Waals surface area contributed by atoms with Gasteiger partial charge in [-0.25, -0.2) is 0 Å². The standard InChI is InChI=1S/C29H34O3/c1-18-4-6-19(7-5-18)26(30)12-9-21-16-24-20(17-27(21)32-3)8-10-23-22(24)14-15-29(2)25(23)11-13-28(29)31/h4-7,9,12,16-17,22-23,25,28,31H,8,10-11,13-15H2,1-3H3/b12-9+/t22-,23+,25-,28?,29-/m0/s1. The number of carbonyl (C=O) groups is 1. The van der Waals surface area contributed by atoms with Gasteiger partial charge in [0.2, 0.25) is 0 Å². The van der Waals surface area contributed by atoms with Crippen LogP contribution in [0.2, 0.25) is 0 Å². The number of allylic oxidation sites excluding steroid dienone is 1. The molecule has 0 saturated heterocycles. The highest BCUT2D eigenvalue weighted by molar-refractivity contribution is 6.07. The zero-order valence-electron chi connectivity index (χ0n) is 19.4. The number of ether oxygens (including phenoxy) is 1. The van der Waals surface area contributed by atoms with Crippen molar-refractivity contribution >= 4 is 11.9 Å². The molecule has 3 nitrogen and oxygen atoms in total. The van der Waals surface area contributed by atoms with Gasteiger partial charge in [-0.1, -0.05) is 36.8 Å². The molecule has 1 N–H and O–H groups in total. The molecular formula is C29H34O3. The zero-order valence-corrected chi connectivity index (χ0v) is 19.4. The summed E-state index contributed by atoms with van der Waals surface area (Å²) < 4.78 is 5.71. The Balaban J connectivity index is 1.45. The highest BCUT2D eigenvalue weighted by Crippen LogP contribution is 2.61. The van der Waals surface area contributed by atoms with Crippen molar-refractivity contribution in [3.8, 4) is 5.75 Å². The SMILES string of the molecule is COc1cc2c(cc1/C=C/C(=O)c1ccc(C)cc1)[C@H]1CC[C@]3(C)C(O)CC[C@H]3[C@@H]1CC2. The monoisotopic (exact) mass is 430 g/mol. The normalized spacial score (nSPS) is 31.1. The van der Waals surface area contributed by atoms with Gasteiger partial charge in [0.25, 0.3) is 0 Å². The largest absolute Gasteiger partial charge is 0.496 e. The minimum absolute atomic E-state index is 0.0102. The Morgan fingerprint density at radius 2 is 1.91 bits per heavy atom. The van der Waals surface area contributed by atoms with Crippen LogP contribution in [0.25, 0.3) is 6.08 Å². The van der Waals surface area contributed by atoms with E-state index in [1.807, 2.05) is 37.3 Å². The summed E-state index contributed by atoms with van der Waals surface area (Å²) >= 11 is 0. The predicted molar refractivity (Wildman–Crippen MR) is 128 cm³/mol. The van der Waals surface area contributed by atoms with Crippen LogP contribution in [0, 0.1) is 24.2 Å². The highest BCUT2D eigenvalue weighted by atomic mass is 16.5. The van der Waals surface area contributed by atoms with Crippen molar-refractivity contribution in [2.45, 2.75) is 64.4 Å². The lowest BCUT2D eigenvalue weighted by Crippen LogP contribution is -2.43. The molecule has 3 aliphatic rings. The summed E-state index contributed by atoms with van der Waals surface area (Å²) in [5.74, 6) is 2.67. The van der Waals surface area contributed by atoms with Crippen LogP contribution < -0.4 is 4.74 Å². The number of methoxy groups -OCH3 is 1. The third-order valence-electron chi connectivity index (χ3n) is 8.78. The minimum atomic E-state index is -0.142. The Bertz CT molecular complexity index is 1050. The maximum absolute atomic E-state index is 12.7. The lowest BCUT2D eigenvalue weighted by molar-refractivity contribution is -0.0226. The first-order valence-corrected chi connectivity index (χ1v) is 12.1. The maximum Gasteiger partial charge on any atom is 0.185 e. The molecular weight excluding hydrogens is 396 g/mol. The molecule has 0 aliphatic heterocycles. The quantitative estimate of drug-likeness (QED) is 0.470. The summed E-state index contributed by atoms with van der Waals surface area (Å²) in [6.45, 7) is 4.34. The molecule has 3 heteroatoms. The van der Waals surface area contributed by atoms with Gasteiger partial charge in [0.15, 0.2) is 5.78 Å². The van der Waals surface area contributed by atoms with Crippen molar-refractivity contribution in [2.75, 3.05) is 7.11 Å². The van der Waals surface area contributed by atoms with Crippen molar-refractivity contribution in [1.82, 2.24) is 0 Å². The molecule has 2 saturated carbocycles. The van der Waals surface area contributed by atoms with E-state index in [2.05, 4.69) is 19.1 Å². The number of aliphatic hydroxyl groups excluding tert-OH is 1. The molecule has 32 heavy (non-hydrogen) atoms. The van der Waals surface area contributed by atoms with E-state index in [0.29, 0.717) is 23.3 Å². The summed E-state index contributed by atoms with van der Waals surface area (Å²) in [4.78, 5) is 12.7. The lowest BCUT2D eigenvalue weighted by atomic mass is 9.55. The van der Waals surface area contributed by atoms with Crippen LogP contribution in [0.5, 0.6) is 5.75 Å². The van der Waals surface area contributed by atoms with Gasteiger partial charge in [0.1, 0.15) is 5.75 Å². The van der Waals surface area contributed by atoms with E-state index in [1.54, 1.807) is 13.2 Å². The Labute approximate surface area is 191 Å². The first-order valence-electron chi connectivity index (χ1n) is 12.1. The number of fused-ring (bicyclic) bond motifs is 5. The van der Waals surface area contributed by atoms with Gasteiger partial charge < -0.3 is 9.84 Å². The third kappa shape index (κ3) is 3.51. The van der Waals surface area contributed by atoms with Gasteiger partial charge >= 0.3 is 0 Å². The van der Waals surface area contributed by atoms with Gasteiger partial charge in [-0.2, -0.15) is 0 Å². The summed E-state index contributed by atoms with van der Waals surface area (Å²) in [5.41, 5.74) is 5.76. The molecule has 0 amide bonds. The Morgan fingerprint density at radius 1 is 1.12 bits per heavy atom. The number of benzene rings is 2. The number of aliphatic hydroxyl groups is 1. The summed E-state index contributed by atoms with van der Waals surface area (Å²) in [7, 11) is 1.71. The van der Waals surface area contributed by atoms with E-state index in [9.17, 15) is 9.90 Å². The molecule has 0 aromatic heterocycles. The van der Waals surface area contributed by atoms with Crippen LogP contribution in [-0.4, -0.2) is 24.1 Å². The number of ketones is 1. The van der Waals surface area contributed by atoms with E-state index < -0.39 is 0 Å². The van der Waals surface area contributed by atoms with Crippen molar-refractivity contribution < 1.29 is 14.6 Å². The molecule has 0 radical (unpaired) electrons. The predicted octanol–water partition coefficient (Wildman–Crippen LogP) is 6.12. The second-order valence-corrected chi connectivity index (χ2v) is 10.4. The lowest BCUT2D eigenvalue weighted by Gasteiger charge is -2.50. The van der Waals surface area contributed by atoms with Gasteiger partial charge in [-0.05, 0) is 104 Å². The number of hydrogen-bond donors (Lipinski definition) is 1. The molecule has 2 aromatic carbocycles. The fraction of sp³-hybridized carbons (Fsp3) is 0.483. The van der Waals surface area contributed by atoms with Gasteiger partial charge in [-0.3, -0.25) is 4.79 Å². The second-order valence-electron chi connectivity index (χ2n) is 10.4. The first kappa shape index (κ1) is 21.5. The van der Waals surface area contributed by atoms with E-state index >= 15 is 0 Å². The molecule has 0 spiro atoms. The van der Waals surface area contributed by atoms with Gasteiger partial charge in [-0.15, -0.1) is 0 Å². The fourth-order valence-corrected chi connectivity index (χ4v) is 6.88. The first-order chi connectivity index (χ1) is 15.4. The number of aryl methyl sites for hydroxylation is 2. The molecule has 2 aromatic rings. The molecule has 1 unspecified atom stereocenters. The van der Waals surface area contributed by atoms with Crippen molar-refractivity contribution in [3.63, 3.8) is 0 Å². The van der Waals surface area contributed by atoms with Crippen LogP contribution in [0.1, 0.15) is 77.6 Å². The molecule has 5 rings (SSSR count). The van der Waals surface area contributed by atoms with E-state index in [0.717, 1.165) is 49.0 Å². The molecule has 2 fully saturated rings. The van der Waals surface area contributed by atoms with Gasteiger partial charge in [0, 0.05) is 11.1 Å². The average Bonchev–Trinajstić information content (AvgIpc) is 3.11. The van der Waals surface area contributed by atoms with E-state index in [1.165, 1.54) is 17.5 Å². The number of carbonyl (C=O) groups excluding carboxylic acids is 1. The van der Waals surface area contributed by atoms with Crippen LogP contribution in [0.4, 0.5) is 0 Å². The van der Waals surface area contributed by atoms with Crippen LogP contribution >= 0.6 is 0 Å². The summed E-state index contributed by atoms with van der Waals surface area (Å²) in [6, 6.07) is 12.2.